The van der Waals surface area contributed by atoms with E-state index in [1.165, 1.54) is 23.2 Å². The molecule has 5 nitrogen and oxygen atoms in total. The highest BCUT2D eigenvalue weighted by atomic mass is 32.2. The van der Waals surface area contributed by atoms with E-state index in [4.69, 9.17) is 10.5 Å². The number of nitrogens with two attached hydrogens (primary N) is 1. The summed E-state index contributed by atoms with van der Waals surface area (Å²) in [4.78, 5) is 0.301. The number of nitrogens with zero attached hydrogens (tertiary/aromatic N) is 1. The van der Waals surface area contributed by atoms with Crippen LogP contribution in [-0.2, 0) is 21.2 Å². The van der Waals surface area contributed by atoms with Gasteiger partial charge in [-0.05, 0) is 42.9 Å². The average molecular weight is 312 g/mol. The second kappa shape index (κ2) is 6.77. The molecule has 0 atom stereocenters. The highest BCUT2D eigenvalue weighted by Crippen LogP contribution is 2.28. The molecule has 0 aliphatic heterocycles. The fraction of sp³-hybridized carbons (Fsp3) is 0.600. The number of hydrogen-bond acceptors (Lipinski definition) is 4. The number of aryl methyl sites for hydroxylation is 1. The Kier molecular flexibility index (Phi) is 5.24. The highest BCUT2D eigenvalue weighted by molar-refractivity contribution is 7.89. The third-order valence-corrected chi connectivity index (χ3v) is 5.70. The number of ether oxygens (including phenoxy) is 1. The Bertz CT molecular complexity index is 583. The Morgan fingerprint density at radius 3 is 2.71 bits per heavy atom. The highest BCUT2D eigenvalue weighted by Gasteiger charge is 2.24. The lowest BCUT2D eigenvalue weighted by Gasteiger charge is -2.19. The first-order chi connectivity index (χ1) is 9.95. The molecule has 0 unspecified atom stereocenters. The molecule has 1 aromatic carbocycles. The summed E-state index contributed by atoms with van der Waals surface area (Å²) in [5.74, 6) is 0.688. The Balaban J connectivity index is 2.03. The summed E-state index contributed by atoms with van der Waals surface area (Å²) < 4.78 is 32.1. The van der Waals surface area contributed by atoms with Crippen LogP contribution < -0.4 is 5.73 Å². The van der Waals surface area contributed by atoms with Crippen LogP contribution in [0.25, 0.3) is 0 Å². The van der Waals surface area contributed by atoms with Crippen LogP contribution in [0.2, 0.25) is 0 Å². The largest absolute Gasteiger partial charge is 0.399 e. The standard InChI is InChI=1S/C15H24N2O3S/c1-3-13-6-7-14(16)10-15(13)21(18,19)17(2)8-9-20-11-12-4-5-12/h6-7,10,12H,3-5,8-9,11,16H2,1-2H3. The van der Waals surface area contributed by atoms with Crippen LogP contribution in [-0.4, -0.2) is 39.5 Å². The third kappa shape index (κ3) is 4.18. The van der Waals surface area contributed by atoms with Gasteiger partial charge >= 0.3 is 0 Å². The molecule has 0 radical (unpaired) electrons. The lowest BCUT2D eigenvalue weighted by molar-refractivity contribution is 0.117. The minimum Gasteiger partial charge on any atom is -0.399 e. The van der Waals surface area contributed by atoms with Gasteiger partial charge in [0.25, 0.3) is 0 Å². The number of anilines is 1. The van der Waals surface area contributed by atoms with Gasteiger partial charge in [0.15, 0.2) is 0 Å². The van der Waals surface area contributed by atoms with Crippen LogP contribution in [0.5, 0.6) is 0 Å². The zero-order chi connectivity index (χ0) is 15.5. The number of sulfonamides is 1. The van der Waals surface area contributed by atoms with Crippen LogP contribution >= 0.6 is 0 Å². The Morgan fingerprint density at radius 2 is 2.10 bits per heavy atom. The minimum absolute atomic E-state index is 0.301. The molecule has 0 heterocycles. The van der Waals surface area contributed by atoms with Crippen molar-refractivity contribution < 1.29 is 13.2 Å². The Hall–Kier alpha value is -1.11. The molecule has 2 rings (SSSR count). The molecule has 0 amide bonds. The molecular weight excluding hydrogens is 288 g/mol. The van der Waals surface area contributed by atoms with Crippen molar-refractivity contribution >= 4 is 15.7 Å². The molecule has 0 bridgehead atoms. The maximum absolute atomic E-state index is 12.6. The summed E-state index contributed by atoms with van der Waals surface area (Å²) in [7, 11) is -1.93. The molecule has 0 aromatic heterocycles. The van der Waals surface area contributed by atoms with Crippen molar-refractivity contribution in [3.8, 4) is 0 Å². The maximum Gasteiger partial charge on any atom is 0.243 e. The zero-order valence-electron chi connectivity index (χ0n) is 12.7. The van der Waals surface area contributed by atoms with E-state index in [9.17, 15) is 8.42 Å². The van der Waals surface area contributed by atoms with Crippen molar-refractivity contribution in [1.82, 2.24) is 4.31 Å². The fourth-order valence-corrected chi connectivity index (χ4v) is 3.60. The van der Waals surface area contributed by atoms with Crippen LogP contribution in [0, 0.1) is 5.92 Å². The molecule has 1 aliphatic carbocycles. The first kappa shape index (κ1) is 16.3. The number of likely N-dealkylation sites (N-methyl/N-ethyl adjacent to an activating group) is 1. The van der Waals surface area contributed by atoms with Gasteiger partial charge in [-0.2, -0.15) is 4.31 Å². The first-order valence-electron chi connectivity index (χ1n) is 7.37. The minimum atomic E-state index is -3.52. The van der Waals surface area contributed by atoms with E-state index < -0.39 is 10.0 Å². The molecule has 21 heavy (non-hydrogen) atoms. The first-order valence-corrected chi connectivity index (χ1v) is 8.81. The van der Waals surface area contributed by atoms with E-state index in [2.05, 4.69) is 0 Å². The van der Waals surface area contributed by atoms with Gasteiger partial charge in [-0.15, -0.1) is 0 Å². The van der Waals surface area contributed by atoms with Crippen LogP contribution in [0.3, 0.4) is 0 Å². The molecule has 1 aromatic rings. The summed E-state index contributed by atoms with van der Waals surface area (Å²) in [6.45, 7) is 3.46. The van der Waals surface area contributed by atoms with Crippen LogP contribution in [0.4, 0.5) is 5.69 Å². The van der Waals surface area contributed by atoms with Gasteiger partial charge in [0.05, 0.1) is 11.5 Å². The van der Waals surface area contributed by atoms with Gasteiger partial charge in [-0.1, -0.05) is 13.0 Å². The van der Waals surface area contributed by atoms with Crippen LogP contribution in [0.15, 0.2) is 23.1 Å². The maximum atomic E-state index is 12.6. The fourth-order valence-electron chi connectivity index (χ4n) is 2.12. The number of rotatable bonds is 8. The van der Waals surface area contributed by atoms with Crippen molar-refractivity contribution in [2.24, 2.45) is 5.92 Å². The van der Waals surface area contributed by atoms with Crippen molar-refractivity contribution in [2.45, 2.75) is 31.1 Å². The van der Waals surface area contributed by atoms with Gasteiger partial charge < -0.3 is 10.5 Å². The zero-order valence-corrected chi connectivity index (χ0v) is 13.5. The van der Waals surface area contributed by atoms with Gasteiger partial charge in [-0.25, -0.2) is 8.42 Å². The second-order valence-corrected chi connectivity index (χ2v) is 7.58. The van der Waals surface area contributed by atoms with E-state index in [1.54, 1.807) is 19.2 Å². The smallest absolute Gasteiger partial charge is 0.243 e. The molecule has 118 valence electrons. The second-order valence-electron chi connectivity index (χ2n) is 5.57. The molecule has 1 saturated carbocycles. The normalized spacial score (nSPS) is 15.6. The lowest BCUT2D eigenvalue weighted by Crippen LogP contribution is -2.31. The molecule has 1 aliphatic rings. The van der Waals surface area contributed by atoms with Crippen LogP contribution in [0.1, 0.15) is 25.3 Å². The number of nitrogen functional groups attached to an aromatic ring is 1. The van der Waals surface area contributed by atoms with Crippen molar-refractivity contribution in [3.63, 3.8) is 0 Å². The molecule has 1 fully saturated rings. The quantitative estimate of drug-likeness (QED) is 0.587. The van der Waals surface area contributed by atoms with Crippen molar-refractivity contribution in [3.05, 3.63) is 23.8 Å². The summed E-state index contributed by atoms with van der Waals surface area (Å²) in [5.41, 5.74) is 6.98. The summed E-state index contributed by atoms with van der Waals surface area (Å²) in [6, 6.07) is 5.05. The van der Waals surface area contributed by atoms with E-state index in [0.29, 0.717) is 36.1 Å². The molecular formula is C15H24N2O3S. The molecule has 2 N–H and O–H groups in total. The predicted octanol–water partition coefficient (Wildman–Crippen LogP) is 1.88. The Morgan fingerprint density at radius 1 is 1.38 bits per heavy atom. The molecule has 0 spiro atoms. The van der Waals surface area contributed by atoms with E-state index in [-0.39, 0.29) is 0 Å². The molecule has 6 heteroatoms. The third-order valence-electron chi connectivity index (χ3n) is 3.76. The van der Waals surface area contributed by atoms with E-state index in [0.717, 1.165) is 12.2 Å². The predicted molar refractivity (Wildman–Crippen MR) is 83.6 cm³/mol. The van der Waals surface area contributed by atoms with Crippen molar-refractivity contribution in [1.29, 1.82) is 0 Å². The Labute approximate surface area is 127 Å². The van der Waals surface area contributed by atoms with Crippen molar-refractivity contribution in [2.75, 3.05) is 32.5 Å². The summed E-state index contributed by atoms with van der Waals surface area (Å²) in [6.07, 6.45) is 3.12. The molecule has 0 saturated heterocycles. The summed E-state index contributed by atoms with van der Waals surface area (Å²) >= 11 is 0. The topological polar surface area (TPSA) is 72.6 Å². The van der Waals surface area contributed by atoms with E-state index in [1.807, 2.05) is 6.92 Å². The monoisotopic (exact) mass is 312 g/mol. The van der Waals surface area contributed by atoms with Gasteiger partial charge in [0.2, 0.25) is 10.0 Å². The van der Waals surface area contributed by atoms with Gasteiger partial charge in [-0.3, -0.25) is 0 Å². The SMILES string of the molecule is CCc1ccc(N)cc1S(=O)(=O)N(C)CCOCC1CC1. The number of benzene rings is 1. The number of hydrogen-bond donors (Lipinski definition) is 1. The van der Waals surface area contributed by atoms with E-state index >= 15 is 0 Å². The average Bonchev–Trinajstić information content (AvgIpc) is 3.27. The van der Waals surface area contributed by atoms with Gasteiger partial charge in [0.1, 0.15) is 0 Å². The van der Waals surface area contributed by atoms with Gasteiger partial charge in [0, 0.05) is 25.9 Å². The summed E-state index contributed by atoms with van der Waals surface area (Å²) in [5, 5.41) is 0. The lowest BCUT2D eigenvalue weighted by atomic mass is 10.1.